The van der Waals surface area contributed by atoms with Crippen LogP contribution >= 0.6 is 0 Å². The van der Waals surface area contributed by atoms with E-state index in [-0.39, 0.29) is 41.8 Å². The Morgan fingerprint density at radius 3 is 2.46 bits per heavy atom. The minimum atomic E-state index is -3.47. The van der Waals surface area contributed by atoms with Crippen LogP contribution in [0.5, 0.6) is 5.75 Å². The smallest absolute Gasteiger partial charge is 0.262 e. The van der Waals surface area contributed by atoms with E-state index in [1.807, 2.05) is 47.4 Å². The van der Waals surface area contributed by atoms with Gasteiger partial charge in [0.1, 0.15) is 23.3 Å². The number of benzene rings is 3. The van der Waals surface area contributed by atoms with Crippen LogP contribution in [0.2, 0.25) is 0 Å². The number of H-pyrrole nitrogens is 1. The second kappa shape index (κ2) is 18.1. The highest BCUT2D eigenvalue weighted by atomic mass is 32.2. The number of methoxy groups -OCH3 is 1. The predicted molar refractivity (Wildman–Crippen MR) is 255 cm³/mol. The molecule has 5 aliphatic heterocycles. The molecule has 20 nitrogen and oxygen atoms in total. The number of carbonyl (C=O) groups is 5. The van der Waals surface area contributed by atoms with E-state index in [0.717, 1.165) is 58.8 Å². The Labute approximate surface area is 392 Å². The third-order valence-corrected chi connectivity index (χ3v) is 14.7. The van der Waals surface area contributed by atoms with Crippen molar-refractivity contribution >= 4 is 90.8 Å². The normalized spacial score (nSPS) is 19.7. The van der Waals surface area contributed by atoms with Crippen LogP contribution in [-0.4, -0.2) is 129 Å². The van der Waals surface area contributed by atoms with E-state index < -0.39 is 39.7 Å². The fourth-order valence-electron chi connectivity index (χ4n) is 10.0. The summed E-state index contributed by atoms with van der Waals surface area (Å²) in [6, 6.07) is 17.8. The Bertz CT molecular complexity index is 2970. The summed E-state index contributed by atoms with van der Waals surface area (Å²) >= 11 is 0. The van der Waals surface area contributed by atoms with Crippen molar-refractivity contribution in [1.82, 2.24) is 35.8 Å². The first-order valence-corrected chi connectivity index (χ1v) is 24.7. The molecule has 3 saturated heterocycles. The first-order valence-electron chi connectivity index (χ1n) is 22.9. The number of imide groups is 2. The Morgan fingerprint density at radius 1 is 0.853 bits per heavy atom. The van der Waals surface area contributed by atoms with Gasteiger partial charge in [-0.15, -0.1) is 0 Å². The number of carbonyl (C=O) groups excluding carboxylic acids is 5. The number of hydrogen-bond donors (Lipinski definition) is 6. The molecule has 0 spiro atoms. The van der Waals surface area contributed by atoms with Crippen LogP contribution in [0.15, 0.2) is 66.9 Å². The summed E-state index contributed by atoms with van der Waals surface area (Å²) in [7, 11) is -1.82. The van der Waals surface area contributed by atoms with Gasteiger partial charge in [-0.1, -0.05) is 12.1 Å². The van der Waals surface area contributed by atoms with Crippen molar-refractivity contribution in [3.63, 3.8) is 0 Å². The van der Waals surface area contributed by atoms with Gasteiger partial charge in [0.2, 0.25) is 33.7 Å². The molecule has 0 bridgehead atoms. The molecule has 2 aromatic heterocycles. The molecule has 21 heteroatoms. The van der Waals surface area contributed by atoms with E-state index in [9.17, 15) is 32.4 Å². The Morgan fingerprint density at radius 2 is 1.66 bits per heavy atom. The predicted octanol–water partition coefficient (Wildman–Crippen LogP) is 3.38. The number of sulfonamides is 1. The SMILES string of the molecule is COc1cc(Nc2nc(Nc3cccc4c3N(S(C)(=O)=O)CC4)c3cc[nH]c3n2)ccc1N1CCC(NCCNC(=O)[C@H]2CCN(c3ccc4c(c3)C(=O)N(C3CCC(=O)NC3=O)C4=O)C2)CC1. The largest absolute Gasteiger partial charge is 0.495 e. The van der Waals surface area contributed by atoms with Gasteiger partial charge in [0.05, 0.1) is 52.9 Å². The van der Waals surface area contributed by atoms with Gasteiger partial charge in [0.15, 0.2) is 0 Å². The van der Waals surface area contributed by atoms with Gasteiger partial charge in [-0.2, -0.15) is 9.97 Å². The number of aromatic nitrogens is 3. The van der Waals surface area contributed by atoms with Crippen molar-refractivity contribution in [1.29, 1.82) is 0 Å². The Hall–Kier alpha value is -7.26. The molecule has 5 aliphatic rings. The number of aromatic amines is 1. The molecule has 354 valence electrons. The molecular weight excluding hydrogens is 893 g/mol. The standard InChI is InChI=1S/C47H52N12O8S/c1-67-38-24-30(51-47-54-41-33(12-17-49-41)42(55-47)52-35-5-3-4-27-14-23-58(40(27)35)68(2,65)66)6-9-36(38)56-21-15-29(16-22-56)48-18-19-50-43(61)28-13-20-57(26-28)31-7-8-32-34(25-31)46(64)59(45(32)63)37-10-11-39(60)53-44(37)62/h3-9,12,17,24-25,28-29,37,48H,10-11,13-16,18-23,26H2,1-2H3,(H,50,61)(H,53,60,62)(H3,49,51,52,54,55)/t28-,37?/m0/s1. The lowest BCUT2D eigenvalue weighted by Gasteiger charge is -2.35. The van der Waals surface area contributed by atoms with Gasteiger partial charge in [-0.3, -0.25) is 38.5 Å². The zero-order chi connectivity index (χ0) is 47.3. The molecule has 3 aromatic carbocycles. The fourth-order valence-corrected chi connectivity index (χ4v) is 11.0. The average molecular weight is 945 g/mol. The number of hydrogen-bond acceptors (Lipinski definition) is 15. The van der Waals surface area contributed by atoms with Crippen LogP contribution in [0.3, 0.4) is 0 Å². The molecule has 7 heterocycles. The average Bonchev–Trinajstić information content (AvgIpc) is 4.15. The van der Waals surface area contributed by atoms with Crippen LogP contribution in [0.25, 0.3) is 11.0 Å². The van der Waals surface area contributed by atoms with Crippen molar-refractivity contribution in [3.8, 4) is 5.75 Å². The van der Waals surface area contributed by atoms with Crippen LogP contribution in [0, 0.1) is 5.92 Å². The lowest BCUT2D eigenvalue weighted by molar-refractivity contribution is -0.136. The highest BCUT2D eigenvalue weighted by molar-refractivity contribution is 7.92. The molecule has 0 aliphatic carbocycles. The molecule has 5 amide bonds. The summed E-state index contributed by atoms with van der Waals surface area (Å²) in [5.74, 6) is -0.878. The van der Waals surface area contributed by atoms with Crippen molar-refractivity contribution in [3.05, 3.63) is 83.6 Å². The first-order chi connectivity index (χ1) is 32.8. The highest BCUT2D eigenvalue weighted by Gasteiger charge is 2.45. The molecule has 3 fully saturated rings. The van der Waals surface area contributed by atoms with Crippen molar-refractivity contribution in [2.24, 2.45) is 5.92 Å². The van der Waals surface area contributed by atoms with E-state index >= 15 is 0 Å². The van der Waals surface area contributed by atoms with Gasteiger partial charge in [-0.25, -0.2) is 8.42 Å². The topological polar surface area (TPSA) is 243 Å². The summed E-state index contributed by atoms with van der Waals surface area (Å²) in [6.07, 6.45) is 6.23. The minimum Gasteiger partial charge on any atom is -0.495 e. The van der Waals surface area contributed by atoms with Crippen molar-refractivity contribution in [2.45, 2.75) is 50.6 Å². The number of nitrogens with one attached hydrogen (secondary N) is 6. The second-order valence-electron chi connectivity index (χ2n) is 17.8. The van der Waals surface area contributed by atoms with E-state index in [1.165, 1.54) is 10.6 Å². The molecule has 0 radical (unpaired) electrons. The molecule has 68 heavy (non-hydrogen) atoms. The number of para-hydroxylation sites is 1. The third kappa shape index (κ3) is 8.62. The summed E-state index contributed by atoms with van der Waals surface area (Å²) in [5, 5.41) is 16.4. The zero-order valence-electron chi connectivity index (χ0n) is 37.6. The van der Waals surface area contributed by atoms with Gasteiger partial charge in [0.25, 0.3) is 11.8 Å². The molecule has 6 N–H and O–H groups in total. The van der Waals surface area contributed by atoms with Crippen molar-refractivity contribution in [2.75, 3.05) is 83.9 Å². The molecule has 5 aromatic rings. The highest BCUT2D eigenvalue weighted by Crippen LogP contribution is 2.40. The van der Waals surface area contributed by atoms with Crippen molar-refractivity contribution < 1.29 is 37.1 Å². The Balaban J connectivity index is 0.694. The van der Waals surface area contributed by atoms with Gasteiger partial charge in [-0.05, 0) is 80.1 Å². The van der Waals surface area contributed by atoms with E-state index in [1.54, 1.807) is 31.5 Å². The second-order valence-corrected chi connectivity index (χ2v) is 19.7. The van der Waals surface area contributed by atoms with Crippen LogP contribution in [0.1, 0.15) is 58.4 Å². The Kier molecular flexibility index (Phi) is 11.9. The summed E-state index contributed by atoms with van der Waals surface area (Å²) in [4.78, 5) is 81.8. The number of rotatable bonds is 14. The lowest BCUT2D eigenvalue weighted by atomic mass is 10.0. The number of piperidine rings is 2. The number of fused-ring (bicyclic) bond motifs is 3. The number of nitrogens with zero attached hydrogens (tertiary/aromatic N) is 6. The monoisotopic (exact) mass is 944 g/mol. The summed E-state index contributed by atoms with van der Waals surface area (Å²) in [6.45, 7) is 4.20. The molecule has 2 atom stereocenters. The van der Waals surface area contributed by atoms with Gasteiger partial charge in [0, 0.05) is 81.9 Å². The zero-order valence-corrected chi connectivity index (χ0v) is 38.4. The van der Waals surface area contributed by atoms with E-state index in [0.29, 0.717) is 80.1 Å². The number of anilines is 7. The summed E-state index contributed by atoms with van der Waals surface area (Å²) < 4.78 is 32.6. The van der Waals surface area contributed by atoms with Gasteiger partial charge >= 0.3 is 0 Å². The fraction of sp³-hybridized carbons (Fsp3) is 0.383. The number of ether oxygens (including phenoxy) is 1. The quantitative estimate of drug-likeness (QED) is 0.0691. The molecule has 10 rings (SSSR count). The third-order valence-electron chi connectivity index (χ3n) is 13.5. The van der Waals surface area contributed by atoms with Gasteiger partial charge < -0.3 is 40.8 Å². The maximum Gasteiger partial charge on any atom is 0.262 e. The minimum absolute atomic E-state index is 0.0304. The molecular formula is C47H52N12O8S. The summed E-state index contributed by atoms with van der Waals surface area (Å²) in [5.41, 5.74) is 5.70. The van der Waals surface area contributed by atoms with E-state index in [4.69, 9.17) is 14.7 Å². The molecule has 1 unspecified atom stereocenters. The maximum atomic E-state index is 13.3. The lowest BCUT2D eigenvalue weighted by Crippen LogP contribution is -2.54. The van der Waals surface area contributed by atoms with E-state index in [2.05, 4.69) is 36.5 Å². The van der Waals surface area contributed by atoms with Crippen LogP contribution in [0.4, 0.5) is 40.2 Å². The van der Waals surface area contributed by atoms with Crippen LogP contribution in [-0.2, 0) is 30.8 Å². The van der Waals surface area contributed by atoms with Crippen LogP contribution < -0.4 is 45.4 Å². The maximum absolute atomic E-state index is 13.3. The number of amides is 5. The molecule has 0 saturated carbocycles. The first kappa shape index (κ1) is 44.6.